The molecule has 1 aliphatic heterocycles. The Morgan fingerprint density at radius 2 is 2.03 bits per heavy atom. The number of carbonyl (C=O) groups excluding carboxylic acids is 1. The van der Waals surface area contributed by atoms with Crippen LogP contribution >= 0.6 is 12.4 Å². The first kappa shape index (κ1) is 22.1. The minimum atomic E-state index is -0.417. The number of nitrogens with zero attached hydrogens (tertiary/aromatic N) is 4. The van der Waals surface area contributed by atoms with Gasteiger partial charge in [-0.15, -0.1) is 12.4 Å². The number of rotatable bonds is 6. The molecule has 1 aliphatic carbocycles. The molecule has 3 aromatic heterocycles. The molecule has 0 saturated carbocycles. The van der Waals surface area contributed by atoms with Crippen LogP contribution in [0.3, 0.4) is 0 Å². The van der Waals surface area contributed by atoms with Gasteiger partial charge < -0.3 is 19.6 Å². The number of aryl methyl sites for hydroxylation is 1. The molecule has 168 valence electrons. The first-order valence-corrected chi connectivity index (χ1v) is 10.7. The van der Waals surface area contributed by atoms with Gasteiger partial charge in [0, 0.05) is 31.4 Å². The Balaban J connectivity index is 0.00000245. The quantitative estimate of drug-likeness (QED) is 0.591. The summed E-state index contributed by atoms with van der Waals surface area (Å²) in [6.45, 7) is 3.61. The lowest BCUT2D eigenvalue weighted by molar-refractivity contribution is -0.111. The van der Waals surface area contributed by atoms with E-state index in [2.05, 4.69) is 20.2 Å². The molecule has 0 spiro atoms. The molecule has 2 aliphatic rings. The number of hydrogen-bond acceptors (Lipinski definition) is 6. The average Bonchev–Trinajstić information content (AvgIpc) is 3.42. The summed E-state index contributed by atoms with van der Waals surface area (Å²) in [6, 6.07) is 7.45. The molecular formula is C23H26ClN5O3. The molecule has 1 amide bonds. The second-order valence-corrected chi connectivity index (χ2v) is 7.88. The Bertz CT molecular complexity index is 1150. The molecule has 0 unspecified atom stereocenters. The molecular weight excluding hydrogens is 430 g/mol. The number of anilines is 1. The normalized spacial score (nSPS) is 16.0. The zero-order valence-electron chi connectivity index (χ0n) is 17.7. The predicted molar refractivity (Wildman–Crippen MR) is 124 cm³/mol. The maximum absolute atomic E-state index is 13.2. The number of pyridine rings is 2. The largest absolute Gasteiger partial charge is 0.511 e. The highest BCUT2D eigenvalue weighted by molar-refractivity contribution is 6.26. The molecule has 0 bridgehead atoms. The third-order valence-corrected chi connectivity index (χ3v) is 5.87. The van der Waals surface area contributed by atoms with Crippen molar-refractivity contribution in [2.75, 3.05) is 31.6 Å². The summed E-state index contributed by atoms with van der Waals surface area (Å²) in [7, 11) is 0. The van der Waals surface area contributed by atoms with Gasteiger partial charge in [0.15, 0.2) is 0 Å². The summed E-state index contributed by atoms with van der Waals surface area (Å²) < 4.78 is 7.90. The van der Waals surface area contributed by atoms with E-state index in [0.29, 0.717) is 36.6 Å². The van der Waals surface area contributed by atoms with Crippen molar-refractivity contribution in [3.05, 3.63) is 60.0 Å². The molecule has 0 atom stereocenters. The zero-order chi connectivity index (χ0) is 21.2. The van der Waals surface area contributed by atoms with Gasteiger partial charge in [0.25, 0.3) is 5.91 Å². The highest BCUT2D eigenvalue weighted by atomic mass is 35.5. The first-order valence-electron chi connectivity index (χ1n) is 10.7. The topological polar surface area (TPSA) is 92.0 Å². The number of imidazole rings is 1. The van der Waals surface area contributed by atoms with Crippen molar-refractivity contribution in [1.82, 2.24) is 19.3 Å². The van der Waals surface area contributed by atoms with Crippen molar-refractivity contribution in [2.24, 2.45) is 0 Å². The number of ether oxygens (including phenoxy) is 1. The highest BCUT2D eigenvalue weighted by Gasteiger charge is 2.29. The van der Waals surface area contributed by atoms with Crippen LogP contribution in [0.4, 0.5) is 5.69 Å². The van der Waals surface area contributed by atoms with Gasteiger partial charge in [-0.2, -0.15) is 0 Å². The second-order valence-electron chi connectivity index (χ2n) is 7.88. The van der Waals surface area contributed by atoms with Crippen molar-refractivity contribution >= 4 is 35.2 Å². The first-order chi connectivity index (χ1) is 15.2. The van der Waals surface area contributed by atoms with Gasteiger partial charge in [-0.3, -0.25) is 14.7 Å². The number of aromatic nitrogens is 3. The van der Waals surface area contributed by atoms with Crippen LogP contribution in [0.25, 0.3) is 11.2 Å². The molecule has 3 aromatic rings. The van der Waals surface area contributed by atoms with Crippen LogP contribution in [0.2, 0.25) is 0 Å². The van der Waals surface area contributed by atoms with E-state index in [-0.39, 0.29) is 23.7 Å². The number of aliphatic hydroxyl groups is 1. The van der Waals surface area contributed by atoms with Crippen molar-refractivity contribution < 1.29 is 14.6 Å². The third-order valence-electron chi connectivity index (χ3n) is 5.87. The van der Waals surface area contributed by atoms with Crippen LogP contribution in [0, 0.1) is 0 Å². The van der Waals surface area contributed by atoms with Crippen molar-refractivity contribution in [1.29, 1.82) is 0 Å². The third kappa shape index (κ3) is 4.28. The van der Waals surface area contributed by atoms with E-state index >= 15 is 0 Å². The van der Waals surface area contributed by atoms with Crippen LogP contribution in [0.1, 0.15) is 30.7 Å². The van der Waals surface area contributed by atoms with Crippen molar-refractivity contribution in [2.45, 2.75) is 25.7 Å². The molecule has 9 heteroatoms. The SMILES string of the molecule is Cl.O=C(Nc1cnccc1OCCN1CCCC1)C1=C(O)CCc2c1nc1ccccn21. The fourth-order valence-corrected chi connectivity index (χ4v) is 4.30. The number of allylic oxidation sites excluding steroid dienone is 1. The fourth-order valence-electron chi connectivity index (χ4n) is 4.30. The minimum Gasteiger partial charge on any atom is -0.511 e. The van der Waals surface area contributed by atoms with E-state index in [1.807, 2.05) is 28.8 Å². The minimum absolute atomic E-state index is 0. The number of amides is 1. The molecule has 5 rings (SSSR count). The maximum atomic E-state index is 13.2. The van der Waals surface area contributed by atoms with Gasteiger partial charge in [0.1, 0.15) is 40.7 Å². The van der Waals surface area contributed by atoms with E-state index in [0.717, 1.165) is 31.0 Å². The van der Waals surface area contributed by atoms with Crippen molar-refractivity contribution in [3.8, 4) is 5.75 Å². The molecule has 1 fully saturated rings. The van der Waals surface area contributed by atoms with Crippen LogP contribution < -0.4 is 10.1 Å². The van der Waals surface area contributed by atoms with E-state index in [4.69, 9.17) is 4.74 Å². The summed E-state index contributed by atoms with van der Waals surface area (Å²) >= 11 is 0. The molecule has 4 heterocycles. The maximum Gasteiger partial charge on any atom is 0.261 e. The second kappa shape index (κ2) is 9.58. The van der Waals surface area contributed by atoms with E-state index in [1.165, 1.54) is 12.8 Å². The van der Waals surface area contributed by atoms with Gasteiger partial charge in [-0.1, -0.05) is 6.07 Å². The Kier molecular flexibility index (Phi) is 6.62. The Morgan fingerprint density at radius 3 is 2.88 bits per heavy atom. The number of likely N-dealkylation sites (tertiary alicyclic amines) is 1. The molecule has 8 nitrogen and oxygen atoms in total. The molecule has 2 N–H and O–H groups in total. The van der Waals surface area contributed by atoms with E-state index < -0.39 is 5.91 Å². The van der Waals surface area contributed by atoms with Gasteiger partial charge in [-0.25, -0.2) is 4.98 Å². The summed E-state index contributed by atoms with van der Waals surface area (Å²) in [4.78, 5) is 24.3. The Labute approximate surface area is 192 Å². The number of aliphatic hydroxyl groups excluding tert-OH is 1. The van der Waals surface area contributed by atoms with Gasteiger partial charge in [0.2, 0.25) is 0 Å². The van der Waals surface area contributed by atoms with Crippen LogP contribution in [0.5, 0.6) is 5.75 Å². The average molecular weight is 456 g/mol. The lowest BCUT2D eigenvalue weighted by atomic mass is 9.97. The fraction of sp³-hybridized carbons (Fsp3) is 0.348. The summed E-state index contributed by atoms with van der Waals surface area (Å²) in [5.41, 5.74) is 2.88. The summed E-state index contributed by atoms with van der Waals surface area (Å²) in [5.74, 6) is 0.196. The number of hydrogen-bond donors (Lipinski definition) is 2. The number of nitrogens with one attached hydrogen (secondary N) is 1. The molecule has 32 heavy (non-hydrogen) atoms. The number of carbonyl (C=O) groups is 1. The van der Waals surface area contributed by atoms with Gasteiger partial charge >= 0.3 is 0 Å². The van der Waals surface area contributed by atoms with Crippen LogP contribution in [0.15, 0.2) is 48.6 Å². The monoisotopic (exact) mass is 455 g/mol. The summed E-state index contributed by atoms with van der Waals surface area (Å²) in [6.07, 6.45) is 8.62. The lowest BCUT2D eigenvalue weighted by Crippen LogP contribution is -2.25. The van der Waals surface area contributed by atoms with Gasteiger partial charge in [0.05, 0.1) is 11.9 Å². The standard InChI is InChI=1S/C23H25N5O3.ClH/c29-18-7-6-17-22(26-20-5-1-2-12-28(17)20)21(18)23(30)25-16-15-24-9-8-19(16)31-14-13-27-10-3-4-11-27;/h1-2,5,8-9,12,15,29H,3-4,6-7,10-11,13-14H2,(H,25,30);1H. The smallest absolute Gasteiger partial charge is 0.261 e. The molecule has 0 aromatic carbocycles. The summed E-state index contributed by atoms with van der Waals surface area (Å²) in [5, 5.41) is 13.4. The van der Waals surface area contributed by atoms with Crippen LogP contribution in [-0.2, 0) is 11.2 Å². The molecule has 1 saturated heterocycles. The zero-order valence-corrected chi connectivity index (χ0v) is 18.5. The van der Waals surface area contributed by atoms with E-state index in [9.17, 15) is 9.90 Å². The number of fused-ring (bicyclic) bond motifs is 3. The Hall–Kier alpha value is -3.10. The van der Waals surface area contributed by atoms with E-state index in [1.54, 1.807) is 18.5 Å². The highest BCUT2D eigenvalue weighted by Crippen LogP contribution is 2.32. The Morgan fingerprint density at radius 1 is 1.19 bits per heavy atom. The number of halogens is 1. The van der Waals surface area contributed by atoms with Crippen molar-refractivity contribution in [3.63, 3.8) is 0 Å². The van der Waals surface area contributed by atoms with Gasteiger partial charge in [-0.05, 0) is 44.5 Å². The molecule has 0 radical (unpaired) electrons. The lowest BCUT2D eigenvalue weighted by Gasteiger charge is -2.18. The predicted octanol–water partition coefficient (Wildman–Crippen LogP) is 3.48. The van der Waals surface area contributed by atoms with Crippen LogP contribution in [-0.4, -0.2) is 56.5 Å².